The fraction of sp³-hybridized carbons (Fsp3) is 1.00. The van der Waals surface area contributed by atoms with Crippen LogP contribution in [0.3, 0.4) is 0 Å². The first kappa shape index (κ1) is 46.2. The van der Waals surface area contributed by atoms with Crippen LogP contribution in [0.4, 0.5) is 0 Å². The first-order valence-corrected chi connectivity index (χ1v) is 18.4. The first-order valence-electron chi connectivity index (χ1n) is 18.4. The zero-order chi connectivity index (χ0) is 31.9. The Morgan fingerprint density at radius 2 is 0.381 bits per heavy atom. The highest BCUT2D eigenvalue weighted by Crippen LogP contribution is 2.13. The molecule has 0 radical (unpaired) electrons. The molecule has 0 aromatic rings. The van der Waals surface area contributed by atoms with Gasteiger partial charge in [-0.25, -0.2) is 0 Å². The van der Waals surface area contributed by atoms with Crippen LogP contribution in [0.5, 0.6) is 0 Å². The van der Waals surface area contributed by atoms with E-state index in [1.807, 2.05) is 0 Å². The summed E-state index contributed by atoms with van der Waals surface area (Å²) in [4.78, 5) is 0. The van der Waals surface area contributed by atoms with E-state index < -0.39 is 18.9 Å². The van der Waals surface area contributed by atoms with Gasteiger partial charge in [0.2, 0.25) is 0 Å². The number of hydrogen-bond acceptors (Lipinski definition) is 6. The molecule has 6 nitrogen and oxygen atoms in total. The molecule has 0 fully saturated rings. The van der Waals surface area contributed by atoms with Crippen LogP contribution < -0.4 is 0 Å². The summed E-state index contributed by atoms with van der Waals surface area (Å²) in [6.07, 6.45) is 32.6. The molecule has 0 heterocycles. The maximum absolute atomic E-state index is 8.61. The van der Waals surface area contributed by atoms with Crippen LogP contribution in [0.15, 0.2) is 0 Å². The second-order valence-electron chi connectivity index (χ2n) is 12.3. The average molecular weight is 607 g/mol. The Labute approximate surface area is 262 Å². The highest BCUT2D eigenvalue weighted by atomic mass is 16.5. The largest absolute Gasteiger partial charge is 0.368 e. The van der Waals surface area contributed by atoms with E-state index in [0.29, 0.717) is 19.3 Å². The molecule has 0 aliphatic carbocycles. The fourth-order valence-corrected chi connectivity index (χ4v) is 4.91. The lowest BCUT2D eigenvalue weighted by atomic mass is 10.1. The molecule has 258 valence electrons. The molecule has 42 heavy (non-hydrogen) atoms. The highest BCUT2D eigenvalue weighted by molar-refractivity contribution is 4.50. The Bertz CT molecular complexity index is 369. The number of aliphatic hydroxyl groups is 6. The van der Waals surface area contributed by atoms with Gasteiger partial charge in [0.25, 0.3) is 0 Å². The Balaban J connectivity index is -0.000000543. The van der Waals surface area contributed by atoms with Crippen LogP contribution in [0, 0.1) is 0 Å². The van der Waals surface area contributed by atoms with Crippen molar-refractivity contribution in [1.29, 1.82) is 0 Å². The Hall–Kier alpha value is -0.240. The SMILES string of the molecule is CCCCCCCCCCCC(O)O.CCCCCCCCCCCC(O)O.CCCCCCCCCCCC(O)O. The molecule has 0 saturated heterocycles. The molecule has 0 aromatic carbocycles. The van der Waals surface area contributed by atoms with Gasteiger partial charge in [0.1, 0.15) is 0 Å². The second kappa shape index (κ2) is 42.9. The topological polar surface area (TPSA) is 121 Å². The maximum atomic E-state index is 8.61. The van der Waals surface area contributed by atoms with Crippen molar-refractivity contribution >= 4 is 0 Å². The molecule has 6 N–H and O–H groups in total. The van der Waals surface area contributed by atoms with E-state index in [1.165, 1.54) is 135 Å². The van der Waals surface area contributed by atoms with E-state index >= 15 is 0 Å². The van der Waals surface area contributed by atoms with E-state index in [2.05, 4.69) is 20.8 Å². The molecule has 0 spiro atoms. The van der Waals surface area contributed by atoms with Gasteiger partial charge < -0.3 is 30.6 Å². The number of rotatable bonds is 30. The van der Waals surface area contributed by atoms with Gasteiger partial charge in [0.05, 0.1) is 0 Å². The molecule has 0 amide bonds. The van der Waals surface area contributed by atoms with Gasteiger partial charge in [0.15, 0.2) is 18.9 Å². The van der Waals surface area contributed by atoms with Gasteiger partial charge in [-0.15, -0.1) is 0 Å². The summed E-state index contributed by atoms with van der Waals surface area (Å²) in [5.41, 5.74) is 0. The standard InChI is InChI=1S/3C12H26O2/c3*1-2-3-4-5-6-7-8-9-10-11-12(13)14/h3*12-14H,2-11H2,1H3. The number of aliphatic hydroxyl groups excluding tert-OH is 3. The average Bonchev–Trinajstić information content (AvgIpc) is 2.95. The lowest BCUT2D eigenvalue weighted by Crippen LogP contribution is -2.02. The van der Waals surface area contributed by atoms with E-state index in [-0.39, 0.29) is 0 Å². The lowest BCUT2D eigenvalue weighted by Gasteiger charge is -2.03. The first-order chi connectivity index (χ1) is 20.3. The van der Waals surface area contributed by atoms with Crippen molar-refractivity contribution in [3.05, 3.63) is 0 Å². The van der Waals surface area contributed by atoms with Crippen molar-refractivity contribution in [3.8, 4) is 0 Å². The predicted octanol–water partition coefficient (Wildman–Crippen LogP) is 9.65. The van der Waals surface area contributed by atoms with Crippen molar-refractivity contribution in [1.82, 2.24) is 0 Å². The van der Waals surface area contributed by atoms with Gasteiger partial charge in [0, 0.05) is 0 Å². The Morgan fingerprint density at radius 3 is 0.524 bits per heavy atom. The molecule has 0 aliphatic heterocycles. The van der Waals surface area contributed by atoms with Crippen LogP contribution in [0.2, 0.25) is 0 Å². The molecule has 0 atom stereocenters. The van der Waals surface area contributed by atoms with Gasteiger partial charge in [-0.2, -0.15) is 0 Å². The van der Waals surface area contributed by atoms with Crippen molar-refractivity contribution in [2.45, 2.75) is 232 Å². The van der Waals surface area contributed by atoms with Crippen LogP contribution in [0.25, 0.3) is 0 Å². The van der Waals surface area contributed by atoms with Crippen LogP contribution in [-0.4, -0.2) is 49.5 Å². The summed E-state index contributed by atoms with van der Waals surface area (Å²) in [6.45, 7) is 6.71. The van der Waals surface area contributed by atoms with E-state index in [9.17, 15) is 0 Å². The highest BCUT2D eigenvalue weighted by Gasteiger charge is 1.98. The zero-order valence-corrected chi connectivity index (χ0v) is 28.6. The molecule has 6 heteroatoms. The Morgan fingerprint density at radius 1 is 0.238 bits per heavy atom. The molecular weight excluding hydrogens is 528 g/mol. The summed E-state index contributed by atoms with van der Waals surface area (Å²) in [7, 11) is 0. The van der Waals surface area contributed by atoms with Crippen LogP contribution in [-0.2, 0) is 0 Å². The maximum Gasteiger partial charge on any atom is 0.151 e. The van der Waals surface area contributed by atoms with Crippen LogP contribution in [0.1, 0.15) is 213 Å². The van der Waals surface area contributed by atoms with Gasteiger partial charge in [-0.3, -0.25) is 0 Å². The van der Waals surface area contributed by atoms with Gasteiger partial charge >= 0.3 is 0 Å². The number of hydrogen-bond donors (Lipinski definition) is 6. The van der Waals surface area contributed by atoms with Crippen molar-refractivity contribution < 1.29 is 30.6 Å². The summed E-state index contributed by atoms with van der Waals surface area (Å²) in [5.74, 6) is 0. The van der Waals surface area contributed by atoms with E-state index in [0.717, 1.165) is 38.5 Å². The summed E-state index contributed by atoms with van der Waals surface area (Å²) < 4.78 is 0. The zero-order valence-electron chi connectivity index (χ0n) is 28.6. The molecule has 0 bridgehead atoms. The lowest BCUT2D eigenvalue weighted by molar-refractivity contribution is -0.0472. The third kappa shape index (κ3) is 55.7. The number of unbranched alkanes of at least 4 members (excludes halogenated alkanes) is 24. The fourth-order valence-electron chi connectivity index (χ4n) is 4.91. The summed E-state index contributed by atoms with van der Waals surface area (Å²) in [6, 6.07) is 0. The van der Waals surface area contributed by atoms with Crippen molar-refractivity contribution in [2.75, 3.05) is 0 Å². The quantitative estimate of drug-likeness (QED) is 0.0358. The van der Waals surface area contributed by atoms with Crippen LogP contribution >= 0.6 is 0 Å². The van der Waals surface area contributed by atoms with E-state index in [1.54, 1.807) is 0 Å². The van der Waals surface area contributed by atoms with Crippen molar-refractivity contribution in [3.63, 3.8) is 0 Å². The molecule has 0 rings (SSSR count). The minimum atomic E-state index is -1.10. The minimum absolute atomic E-state index is 0.538. The van der Waals surface area contributed by atoms with Gasteiger partial charge in [-0.1, -0.05) is 175 Å². The third-order valence-electron chi connectivity index (χ3n) is 7.70. The summed E-state index contributed by atoms with van der Waals surface area (Å²) >= 11 is 0. The molecule has 0 aliphatic rings. The minimum Gasteiger partial charge on any atom is -0.368 e. The van der Waals surface area contributed by atoms with Crippen molar-refractivity contribution in [2.24, 2.45) is 0 Å². The normalized spacial score (nSPS) is 11.1. The summed E-state index contributed by atoms with van der Waals surface area (Å²) in [5, 5.41) is 51.6. The Kier molecular flexibility index (Phi) is 47.2. The third-order valence-corrected chi connectivity index (χ3v) is 7.70. The smallest absolute Gasteiger partial charge is 0.151 e. The molecule has 0 saturated carbocycles. The van der Waals surface area contributed by atoms with E-state index in [4.69, 9.17) is 30.6 Å². The molecular formula is C36H78O6. The second-order valence-corrected chi connectivity index (χ2v) is 12.3. The molecule has 0 unspecified atom stereocenters. The molecule has 0 aromatic heterocycles. The van der Waals surface area contributed by atoms with Gasteiger partial charge in [-0.05, 0) is 38.5 Å². The monoisotopic (exact) mass is 607 g/mol. The predicted molar refractivity (Wildman–Crippen MR) is 180 cm³/mol.